The normalized spacial score (nSPS) is 10.8. The van der Waals surface area contributed by atoms with E-state index in [1.807, 2.05) is 267 Å². The van der Waals surface area contributed by atoms with E-state index in [0.29, 0.717) is 73.6 Å². The average Bonchev–Trinajstić information content (AvgIpc) is 0.822. The number of benzene rings is 12. The predicted octanol–water partition coefficient (Wildman–Crippen LogP) is 5.33. The first kappa shape index (κ1) is 91.1. The SMILES string of the molecule is [Ni+2].[Ni+2].[Ni+2].[Ni+2].[Ni+2].[Ni+2].[O-][P+]([O-])([O-])c1cccc(Cc2ccccc2)c1Cc1ccccc1.[O-][P+]([O-])([O-])c1cccc(Cc2ccccc2)c1Cc1ccccc1.[O-][P+]([O-])([O-])c1cccc(Cc2ccccc2)c1Cc1ccccc1.[O-][P+]([O-])([O-])c1cccc(Cc2ccccc2)c1Cc1ccccc1. The van der Waals surface area contributed by atoms with Gasteiger partial charge in [0.15, 0.2) is 0 Å². The summed E-state index contributed by atoms with van der Waals surface area (Å²) in [4.78, 5) is 141. The molecule has 0 amide bonds. The summed E-state index contributed by atoms with van der Waals surface area (Å²) >= 11 is 0. The topological polar surface area (TPSA) is 277 Å². The molecule has 12 aromatic rings. The maximum atomic E-state index is 11.7. The molecule has 0 heterocycles. The summed E-state index contributed by atoms with van der Waals surface area (Å²) in [7, 11) is -19.3. The molecule has 0 aromatic heterocycles. The van der Waals surface area contributed by atoms with Crippen molar-refractivity contribution >= 4 is 53.0 Å². The van der Waals surface area contributed by atoms with Gasteiger partial charge in [0.05, 0.1) is 21.2 Å². The maximum Gasteiger partial charge on any atom is 2.00 e. The van der Waals surface area contributed by atoms with Crippen LogP contribution in [0.1, 0.15) is 89.0 Å². The van der Waals surface area contributed by atoms with Crippen LogP contribution in [0.5, 0.6) is 0 Å². The van der Waals surface area contributed by atoms with E-state index in [1.54, 1.807) is 24.3 Å². The molecular formula is C80H68Ni6O12P4+4. The summed E-state index contributed by atoms with van der Waals surface area (Å²) in [6, 6.07) is 97.4. The van der Waals surface area contributed by atoms with Crippen LogP contribution in [-0.4, -0.2) is 0 Å². The fourth-order valence-electron chi connectivity index (χ4n) is 11.5. The Bertz CT molecular complexity index is 3780. The molecule has 0 fully saturated rings. The molecule has 536 valence electrons. The van der Waals surface area contributed by atoms with Crippen molar-refractivity contribution in [1.82, 2.24) is 0 Å². The Hall–Kier alpha value is -5.16. The van der Waals surface area contributed by atoms with Gasteiger partial charge < -0.3 is 58.7 Å². The summed E-state index contributed by atoms with van der Waals surface area (Å²) in [5, 5.41) is -0.390. The molecule has 0 unspecified atom stereocenters. The van der Waals surface area contributed by atoms with Gasteiger partial charge in [-0.15, -0.1) is 31.8 Å². The molecule has 0 spiro atoms. The molecule has 0 radical (unpaired) electrons. The van der Waals surface area contributed by atoms with E-state index >= 15 is 0 Å². The first-order chi connectivity index (χ1) is 46.2. The van der Waals surface area contributed by atoms with E-state index < -0.39 is 31.8 Å². The standard InChI is InChI=1S/4C20H19O3P.6Ni/c4*21-24(22,23)20-13-7-12-18(14-16-8-3-1-4-9-16)19(20)15-17-10-5-2-6-11-17;;;;;;/h4*1-13H,14-15H2,(H2,21,22,23);;;;;;/q;;;;6*+2/p-8. The van der Waals surface area contributed by atoms with Crippen molar-refractivity contribution in [1.29, 1.82) is 0 Å². The third kappa shape index (κ3) is 28.6. The van der Waals surface area contributed by atoms with Gasteiger partial charge in [-0.25, -0.2) is 0 Å². The van der Waals surface area contributed by atoms with Gasteiger partial charge in [-0.2, -0.15) is 0 Å². The minimum absolute atomic E-state index is 0. The number of hydrogen-bond acceptors (Lipinski definition) is 12. The molecule has 0 saturated carbocycles. The van der Waals surface area contributed by atoms with Crippen LogP contribution in [0, 0.1) is 0 Å². The Balaban J connectivity index is 0.000000347. The van der Waals surface area contributed by atoms with E-state index in [-0.39, 0.29) is 120 Å². The van der Waals surface area contributed by atoms with Crippen LogP contribution >= 0.6 is 31.8 Å². The fourth-order valence-corrected chi connectivity index (χ4v) is 14.7. The van der Waals surface area contributed by atoms with Crippen molar-refractivity contribution in [3.63, 3.8) is 0 Å². The molecule has 22 heteroatoms. The van der Waals surface area contributed by atoms with E-state index in [0.717, 1.165) is 66.8 Å². The quantitative estimate of drug-likeness (QED) is 0.0692. The molecule has 102 heavy (non-hydrogen) atoms. The van der Waals surface area contributed by atoms with Gasteiger partial charge in [0.1, 0.15) is 0 Å². The van der Waals surface area contributed by atoms with Crippen LogP contribution in [-0.2, 0) is 150 Å². The zero-order valence-corrected chi connectivity index (χ0v) is 63.8. The third-order valence-electron chi connectivity index (χ3n) is 16.0. The average molecular weight is 1700 g/mol. The summed E-state index contributed by atoms with van der Waals surface area (Å²) in [6.07, 6.45) is 4.07. The second-order valence-corrected chi connectivity index (χ2v) is 28.9. The minimum Gasteiger partial charge on any atom is -0.683 e. The van der Waals surface area contributed by atoms with E-state index in [9.17, 15) is 58.7 Å². The summed E-state index contributed by atoms with van der Waals surface area (Å²) in [5.41, 5.74) is 14.1. The Morgan fingerprint density at radius 3 is 0.402 bits per heavy atom. The van der Waals surface area contributed by atoms with E-state index in [1.165, 1.54) is 24.3 Å². The molecule has 12 aromatic carbocycles. The predicted molar refractivity (Wildman–Crippen MR) is 366 cm³/mol. The van der Waals surface area contributed by atoms with Gasteiger partial charge in [0.25, 0.3) is 0 Å². The summed E-state index contributed by atoms with van der Waals surface area (Å²) in [5.74, 6) is 0. The van der Waals surface area contributed by atoms with Gasteiger partial charge in [-0.05, 0) is 117 Å². The van der Waals surface area contributed by atoms with Gasteiger partial charge in [0.2, 0.25) is 0 Å². The molecule has 0 atom stereocenters. The molecule has 0 bridgehead atoms. The van der Waals surface area contributed by atoms with E-state index in [2.05, 4.69) is 0 Å². The summed E-state index contributed by atoms with van der Waals surface area (Å²) < 4.78 is 0. The van der Waals surface area contributed by atoms with Crippen LogP contribution in [0.4, 0.5) is 0 Å². The molecule has 12 nitrogen and oxygen atoms in total. The first-order valence-electron chi connectivity index (χ1n) is 31.0. The van der Waals surface area contributed by atoms with Crippen molar-refractivity contribution in [3.05, 3.63) is 404 Å². The van der Waals surface area contributed by atoms with Crippen molar-refractivity contribution < 1.29 is 158 Å². The fraction of sp³-hybridized carbons (Fsp3) is 0.100. The molecule has 12 rings (SSSR count). The number of rotatable bonds is 20. The molecule has 0 N–H and O–H groups in total. The second kappa shape index (κ2) is 44.7. The first-order valence-corrected chi connectivity index (χ1v) is 37.2. The largest absolute Gasteiger partial charge is 2.00 e. The zero-order valence-electron chi connectivity index (χ0n) is 54.3. The second-order valence-electron chi connectivity index (χ2n) is 22.9. The van der Waals surface area contributed by atoms with Gasteiger partial charge in [-0.1, -0.05) is 291 Å². The molecule has 0 saturated heterocycles. The van der Waals surface area contributed by atoms with Crippen molar-refractivity contribution in [2.45, 2.75) is 51.4 Å². The van der Waals surface area contributed by atoms with Crippen molar-refractivity contribution in [3.8, 4) is 0 Å². The van der Waals surface area contributed by atoms with Crippen LogP contribution in [0.3, 0.4) is 0 Å². The smallest absolute Gasteiger partial charge is 0.683 e. The van der Waals surface area contributed by atoms with Crippen molar-refractivity contribution in [2.24, 2.45) is 0 Å². The maximum absolute atomic E-state index is 11.7. The third-order valence-corrected chi connectivity index (χ3v) is 20.1. The minimum atomic E-state index is -4.82. The Kier molecular flexibility index (Phi) is 39.9. The van der Waals surface area contributed by atoms with Gasteiger partial charge in [0, 0.05) is 47.9 Å². The van der Waals surface area contributed by atoms with E-state index in [4.69, 9.17) is 0 Å². The molecule has 0 aliphatic heterocycles. The zero-order chi connectivity index (χ0) is 68.0. The van der Waals surface area contributed by atoms with Crippen molar-refractivity contribution in [2.75, 3.05) is 0 Å². The van der Waals surface area contributed by atoms with Gasteiger partial charge >= 0.3 is 98.9 Å². The molecule has 0 aliphatic rings. The van der Waals surface area contributed by atoms with Crippen LogP contribution in [0.2, 0.25) is 0 Å². The van der Waals surface area contributed by atoms with Crippen LogP contribution in [0.25, 0.3) is 0 Å². The van der Waals surface area contributed by atoms with Crippen LogP contribution in [0.15, 0.2) is 315 Å². The summed E-state index contributed by atoms with van der Waals surface area (Å²) in [6.45, 7) is 0. The Morgan fingerprint density at radius 2 is 0.275 bits per heavy atom. The monoisotopic (exact) mass is 1690 g/mol. The Labute approximate surface area is 660 Å². The van der Waals surface area contributed by atoms with Gasteiger partial charge in [-0.3, -0.25) is 0 Å². The number of hydrogen-bond donors (Lipinski definition) is 0. The van der Waals surface area contributed by atoms with Crippen LogP contribution < -0.4 is 79.9 Å². The molecular weight excluding hydrogens is 1630 g/mol. The Morgan fingerprint density at radius 1 is 0.147 bits per heavy atom. The molecule has 0 aliphatic carbocycles.